The van der Waals surface area contributed by atoms with Crippen LogP contribution in [-0.4, -0.2) is 37.2 Å². The summed E-state index contributed by atoms with van der Waals surface area (Å²) >= 11 is 0. The first-order valence-corrected chi connectivity index (χ1v) is 28.3. The first-order chi connectivity index (χ1) is 33.5. The highest BCUT2D eigenvalue weighted by Crippen LogP contribution is 2.15. The van der Waals surface area contributed by atoms with Crippen LogP contribution < -0.4 is 0 Å². The van der Waals surface area contributed by atoms with Crippen LogP contribution in [0.15, 0.2) is 97.2 Å². The van der Waals surface area contributed by atoms with E-state index in [1.54, 1.807) is 0 Å². The number of carbonyl (C=O) groups excluding carboxylic acids is 3. The van der Waals surface area contributed by atoms with Crippen molar-refractivity contribution in [1.29, 1.82) is 0 Å². The normalized spacial score (nSPS) is 12.8. The molecule has 0 aliphatic rings. The van der Waals surface area contributed by atoms with Gasteiger partial charge in [-0.2, -0.15) is 0 Å². The maximum absolute atomic E-state index is 12.8. The van der Waals surface area contributed by atoms with E-state index in [2.05, 4.69) is 118 Å². The van der Waals surface area contributed by atoms with Crippen LogP contribution in [0, 0.1) is 0 Å². The van der Waals surface area contributed by atoms with Gasteiger partial charge < -0.3 is 14.2 Å². The number of hydrogen-bond acceptors (Lipinski definition) is 6. The van der Waals surface area contributed by atoms with E-state index in [1.807, 2.05) is 0 Å². The molecular formula is C62H104O6. The lowest BCUT2D eigenvalue weighted by molar-refractivity contribution is -0.167. The third-order valence-electron chi connectivity index (χ3n) is 12.0. The Kier molecular flexibility index (Phi) is 52.9. The molecule has 68 heavy (non-hydrogen) atoms. The molecule has 0 saturated carbocycles. The van der Waals surface area contributed by atoms with E-state index in [1.165, 1.54) is 109 Å². The molecule has 0 aliphatic carbocycles. The Bertz CT molecular complexity index is 1360. The standard InChI is InChI=1S/C62H104O6/c1-4-7-10-13-16-19-22-25-28-30-32-34-37-40-43-46-49-52-55-61(64)67-58-59(57-66-60(63)54-51-48-45-42-39-36-27-24-21-18-15-12-9-6-3)68-62(65)56-53-50-47-44-41-38-35-33-31-29-26-23-20-17-14-11-8-5-2/h16-17,19-20,22-23,25-26,28-35,59H,4-15,18,21,24,27,36-58H2,1-3H3/b19-16-,20-17-,25-22-,26-23-,30-28-,31-29-,34-32-,35-33-. The minimum atomic E-state index is -0.800. The second kappa shape index (κ2) is 55.9. The van der Waals surface area contributed by atoms with Gasteiger partial charge in [0.25, 0.3) is 0 Å². The van der Waals surface area contributed by atoms with Gasteiger partial charge in [-0.1, -0.05) is 266 Å². The van der Waals surface area contributed by atoms with Crippen molar-refractivity contribution in [3.05, 3.63) is 97.2 Å². The molecule has 0 fully saturated rings. The second-order valence-corrected chi connectivity index (χ2v) is 18.7. The second-order valence-electron chi connectivity index (χ2n) is 18.7. The van der Waals surface area contributed by atoms with E-state index in [4.69, 9.17) is 14.2 Å². The van der Waals surface area contributed by atoms with Crippen LogP contribution in [0.25, 0.3) is 0 Å². The number of ether oxygens (including phenoxy) is 3. The fourth-order valence-electron chi connectivity index (χ4n) is 7.70. The smallest absolute Gasteiger partial charge is 0.306 e. The van der Waals surface area contributed by atoms with Gasteiger partial charge in [0.05, 0.1) is 0 Å². The maximum Gasteiger partial charge on any atom is 0.306 e. The van der Waals surface area contributed by atoms with Crippen LogP contribution in [0.3, 0.4) is 0 Å². The Labute approximate surface area is 419 Å². The van der Waals surface area contributed by atoms with Gasteiger partial charge in [0, 0.05) is 19.3 Å². The van der Waals surface area contributed by atoms with Crippen molar-refractivity contribution < 1.29 is 28.6 Å². The minimum absolute atomic E-state index is 0.0941. The summed E-state index contributed by atoms with van der Waals surface area (Å²) < 4.78 is 16.8. The third-order valence-corrected chi connectivity index (χ3v) is 12.0. The molecule has 1 atom stereocenters. The summed E-state index contributed by atoms with van der Waals surface area (Å²) in [5, 5.41) is 0. The fraction of sp³-hybridized carbons (Fsp3) is 0.694. The maximum atomic E-state index is 12.8. The van der Waals surface area contributed by atoms with Crippen LogP contribution in [0.4, 0.5) is 0 Å². The molecule has 0 heterocycles. The zero-order valence-electron chi connectivity index (χ0n) is 44.3. The molecule has 6 heteroatoms. The van der Waals surface area contributed by atoms with Crippen LogP contribution in [0.1, 0.15) is 258 Å². The summed E-state index contributed by atoms with van der Waals surface area (Å²) in [5.41, 5.74) is 0. The molecule has 0 bridgehead atoms. The Morgan fingerprint density at radius 3 is 0.853 bits per heavy atom. The van der Waals surface area contributed by atoms with Crippen LogP contribution in [-0.2, 0) is 28.6 Å². The number of hydrogen-bond donors (Lipinski definition) is 0. The topological polar surface area (TPSA) is 78.9 Å². The summed E-state index contributed by atoms with van der Waals surface area (Å²) in [6.45, 7) is 6.53. The molecule has 1 unspecified atom stereocenters. The van der Waals surface area contributed by atoms with Gasteiger partial charge in [-0.15, -0.1) is 0 Å². The highest BCUT2D eigenvalue weighted by molar-refractivity contribution is 5.71. The largest absolute Gasteiger partial charge is 0.462 e. The Hall–Kier alpha value is -3.67. The SMILES string of the molecule is CCCCC\C=C/C=C\C=C/C=C\CCCCCCCC(=O)OCC(COC(=O)CCCCCCCCCCCCCCCC)OC(=O)CCCCCCC\C=C/C=C\C=C/C=C\CCCCC. The molecule has 0 aromatic carbocycles. The predicted octanol–water partition coefficient (Wildman–Crippen LogP) is 18.9. The van der Waals surface area contributed by atoms with E-state index in [-0.39, 0.29) is 31.1 Å². The molecule has 0 rings (SSSR count). The lowest BCUT2D eigenvalue weighted by Gasteiger charge is -2.18. The van der Waals surface area contributed by atoms with Crippen LogP contribution in [0.5, 0.6) is 0 Å². The minimum Gasteiger partial charge on any atom is -0.462 e. The molecule has 0 aromatic heterocycles. The van der Waals surface area contributed by atoms with E-state index in [0.29, 0.717) is 19.3 Å². The van der Waals surface area contributed by atoms with Gasteiger partial charge in [0.1, 0.15) is 13.2 Å². The number of rotatable bonds is 50. The molecule has 0 aliphatic heterocycles. The first-order valence-electron chi connectivity index (χ1n) is 28.3. The van der Waals surface area contributed by atoms with Crippen molar-refractivity contribution >= 4 is 17.9 Å². The molecule has 388 valence electrons. The zero-order valence-corrected chi connectivity index (χ0v) is 44.3. The number of carbonyl (C=O) groups is 3. The van der Waals surface area contributed by atoms with Gasteiger partial charge in [0.15, 0.2) is 6.10 Å². The molecule has 0 radical (unpaired) electrons. The quantitative estimate of drug-likeness (QED) is 0.0262. The van der Waals surface area contributed by atoms with Crippen LogP contribution >= 0.6 is 0 Å². The number of esters is 3. The number of unbranched alkanes of at least 4 members (excludes halogenated alkanes) is 29. The van der Waals surface area contributed by atoms with E-state index >= 15 is 0 Å². The average molecular weight is 946 g/mol. The van der Waals surface area contributed by atoms with Crippen molar-refractivity contribution in [1.82, 2.24) is 0 Å². The van der Waals surface area contributed by atoms with Crippen molar-refractivity contribution in [3.8, 4) is 0 Å². The van der Waals surface area contributed by atoms with Crippen molar-refractivity contribution in [3.63, 3.8) is 0 Å². The summed E-state index contributed by atoms with van der Waals surface area (Å²) in [4.78, 5) is 38.1. The Morgan fingerprint density at radius 1 is 0.294 bits per heavy atom. The van der Waals surface area contributed by atoms with E-state index < -0.39 is 6.10 Å². The lowest BCUT2D eigenvalue weighted by atomic mass is 10.0. The average Bonchev–Trinajstić information content (AvgIpc) is 3.34. The van der Waals surface area contributed by atoms with Crippen molar-refractivity contribution in [2.24, 2.45) is 0 Å². The van der Waals surface area contributed by atoms with Gasteiger partial charge in [-0.25, -0.2) is 0 Å². The van der Waals surface area contributed by atoms with Gasteiger partial charge in [-0.3, -0.25) is 14.4 Å². The molecule has 0 N–H and O–H groups in total. The molecule has 6 nitrogen and oxygen atoms in total. The molecule has 0 spiro atoms. The molecular weight excluding hydrogens is 841 g/mol. The molecule has 0 amide bonds. The highest BCUT2D eigenvalue weighted by atomic mass is 16.6. The van der Waals surface area contributed by atoms with Crippen LogP contribution in [0.2, 0.25) is 0 Å². The van der Waals surface area contributed by atoms with Crippen molar-refractivity contribution in [2.75, 3.05) is 13.2 Å². The summed E-state index contributed by atoms with van der Waals surface area (Å²) in [6.07, 6.45) is 73.8. The number of allylic oxidation sites excluding steroid dienone is 16. The van der Waals surface area contributed by atoms with Crippen molar-refractivity contribution in [2.45, 2.75) is 264 Å². The summed E-state index contributed by atoms with van der Waals surface area (Å²) in [5.74, 6) is -0.937. The predicted molar refractivity (Wildman–Crippen MR) is 293 cm³/mol. The zero-order chi connectivity index (χ0) is 49.3. The molecule has 0 aromatic rings. The van der Waals surface area contributed by atoms with Gasteiger partial charge in [-0.05, 0) is 70.6 Å². The van der Waals surface area contributed by atoms with E-state index in [0.717, 1.165) is 109 Å². The van der Waals surface area contributed by atoms with Gasteiger partial charge in [0.2, 0.25) is 0 Å². The van der Waals surface area contributed by atoms with Gasteiger partial charge >= 0.3 is 17.9 Å². The summed E-state index contributed by atoms with van der Waals surface area (Å²) in [6, 6.07) is 0. The summed E-state index contributed by atoms with van der Waals surface area (Å²) in [7, 11) is 0. The first kappa shape index (κ1) is 64.3. The monoisotopic (exact) mass is 945 g/mol. The van der Waals surface area contributed by atoms with E-state index in [9.17, 15) is 14.4 Å². The lowest BCUT2D eigenvalue weighted by Crippen LogP contribution is -2.30. The molecule has 0 saturated heterocycles. The Morgan fingerprint density at radius 2 is 0.529 bits per heavy atom. The highest BCUT2D eigenvalue weighted by Gasteiger charge is 2.19. The fourth-order valence-corrected chi connectivity index (χ4v) is 7.70. The third kappa shape index (κ3) is 53.3. The Balaban J connectivity index is 4.50.